The zero-order valence-electron chi connectivity index (χ0n) is 13.7. The van der Waals surface area contributed by atoms with E-state index in [1.807, 2.05) is 12.1 Å². The molecule has 1 aliphatic carbocycles. The first kappa shape index (κ1) is 16.1. The number of nitrogens with two attached hydrogens (primary N) is 1. The predicted octanol–water partition coefficient (Wildman–Crippen LogP) is 3.05. The lowest BCUT2D eigenvalue weighted by molar-refractivity contribution is 0.0368. The molecule has 0 bridgehead atoms. The number of nitrogens with zero attached hydrogens (tertiary/aromatic N) is 1. The molecule has 1 atom stereocenters. The predicted molar refractivity (Wildman–Crippen MR) is 96.6 cm³/mol. The van der Waals surface area contributed by atoms with Gasteiger partial charge in [-0.15, -0.1) is 0 Å². The molecule has 124 valence electrons. The summed E-state index contributed by atoms with van der Waals surface area (Å²) in [6.45, 7) is 5.02. The first-order valence-electron chi connectivity index (χ1n) is 8.54. The van der Waals surface area contributed by atoms with E-state index in [-0.39, 0.29) is 5.54 Å². The lowest BCUT2D eigenvalue weighted by atomic mass is 9.86. The van der Waals surface area contributed by atoms with Crippen molar-refractivity contribution < 1.29 is 4.74 Å². The van der Waals surface area contributed by atoms with Crippen molar-refractivity contribution in [1.82, 2.24) is 4.90 Å². The molecule has 3 rings (SSSR count). The Morgan fingerprint density at radius 3 is 2.61 bits per heavy atom. The third kappa shape index (κ3) is 4.60. The van der Waals surface area contributed by atoms with Crippen LogP contribution in [-0.2, 0) is 4.74 Å². The first-order valence-corrected chi connectivity index (χ1v) is 8.54. The highest BCUT2D eigenvalue weighted by atomic mass is 16.5. The highest BCUT2D eigenvalue weighted by molar-refractivity contribution is 5.54. The van der Waals surface area contributed by atoms with Crippen LogP contribution in [0.1, 0.15) is 19.3 Å². The Morgan fingerprint density at radius 2 is 1.91 bits per heavy atom. The van der Waals surface area contributed by atoms with Crippen LogP contribution in [0.5, 0.6) is 0 Å². The van der Waals surface area contributed by atoms with Gasteiger partial charge in [0.15, 0.2) is 0 Å². The molecule has 0 aromatic heterocycles. The maximum absolute atomic E-state index is 5.79. The quantitative estimate of drug-likeness (QED) is 0.793. The van der Waals surface area contributed by atoms with E-state index in [1.54, 1.807) is 0 Å². The van der Waals surface area contributed by atoms with Crippen LogP contribution in [0, 0.1) is 0 Å². The van der Waals surface area contributed by atoms with Crippen LogP contribution in [0.15, 0.2) is 48.6 Å². The van der Waals surface area contributed by atoms with Gasteiger partial charge in [-0.2, -0.15) is 0 Å². The highest BCUT2D eigenvalue weighted by Crippen LogP contribution is 2.29. The minimum atomic E-state index is 0.0111. The van der Waals surface area contributed by atoms with Crippen molar-refractivity contribution in [3.8, 4) is 0 Å². The molecule has 1 unspecified atom stereocenters. The van der Waals surface area contributed by atoms with Gasteiger partial charge in [-0.25, -0.2) is 0 Å². The number of nitrogens with one attached hydrogen (secondary N) is 1. The topological polar surface area (TPSA) is 50.5 Å². The van der Waals surface area contributed by atoms with Crippen molar-refractivity contribution in [1.29, 1.82) is 0 Å². The number of benzene rings is 1. The Hall–Kier alpha value is -1.78. The summed E-state index contributed by atoms with van der Waals surface area (Å²) in [6.07, 6.45) is 12.2. The number of allylic oxidation sites excluding steroid dienone is 2. The molecule has 1 aliphatic heterocycles. The second-order valence-electron chi connectivity index (χ2n) is 6.45. The van der Waals surface area contributed by atoms with Gasteiger partial charge in [0.1, 0.15) is 0 Å². The zero-order valence-corrected chi connectivity index (χ0v) is 13.7. The Bertz CT molecular complexity index is 546. The minimum absolute atomic E-state index is 0.0111. The fraction of sp³-hybridized carbons (Fsp3) is 0.474. The van der Waals surface area contributed by atoms with E-state index in [0.29, 0.717) is 0 Å². The van der Waals surface area contributed by atoms with E-state index in [0.717, 1.165) is 57.1 Å². The van der Waals surface area contributed by atoms with Gasteiger partial charge in [0, 0.05) is 24.5 Å². The van der Waals surface area contributed by atoms with E-state index in [4.69, 9.17) is 10.5 Å². The largest absolute Gasteiger partial charge is 0.399 e. The first-order chi connectivity index (χ1) is 11.3. The van der Waals surface area contributed by atoms with Crippen LogP contribution < -0.4 is 11.1 Å². The van der Waals surface area contributed by atoms with Crippen LogP contribution in [-0.4, -0.2) is 43.3 Å². The molecule has 1 heterocycles. The van der Waals surface area contributed by atoms with E-state index in [9.17, 15) is 0 Å². The number of hydrogen-bond donors (Lipinski definition) is 2. The third-order valence-corrected chi connectivity index (χ3v) is 4.65. The van der Waals surface area contributed by atoms with Crippen molar-refractivity contribution in [2.45, 2.75) is 24.8 Å². The molecule has 3 N–H and O–H groups in total. The maximum atomic E-state index is 5.79. The fourth-order valence-electron chi connectivity index (χ4n) is 3.30. The van der Waals surface area contributed by atoms with Crippen molar-refractivity contribution in [3.05, 3.63) is 48.6 Å². The van der Waals surface area contributed by atoms with Crippen LogP contribution in [0.4, 0.5) is 11.4 Å². The van der Waals surface area contributed by atoms with Crippen molar-refractivity contribution in [2.24, 2.45) is 0 Å². The molecule has 1 aromatic rings. The summed E-state index contributed by atoms with van der Waals surface area (Å²) in [7, 11) is 0. The molecular formula is C19H27N3O. The zero-order chi connectivity index (χ0) is 16.0. The summed E-state index contributed by atoms with van der Waals surface area (Å²) in [5.74, 6) is 0. The number of anilines is 2. The summed E-state index contributed by atoms with van der Waals surface area (Å²) in [5, 5.41) is 3.72. The smallest absolute Gasteiger partial charge is 0.0594 e. The lowest BCUT2D eigenvalue weighted by Crippen LogP contribution is -2.40. The fourth-order valence-corrected chi connectivity index (χ4v) is 3.30. The van der Waals surface area contributed by atoms with Gasteiger partial charge < -0.3 is 15.8 Å². The second-order valence-corrected chi connectivity index (χ2v) is 6.45. The van der Waals surface area contributed by atoms with Crippen LogP contribution >= 0.6 is 0 Å². The molecule has 0 radical (unpaired) electrons. The molecule has 0 spiro atoms. The molecular weight excluding hydrogens is 286 g/mol. The van der Waals surface area contributed by atoms with Crippen LogP contribution in [0.2, 0.25) is 0 Å². The van der Waals surface area contributed by atoms with Gasteiger partial charge in [-0.1, -0.05) is 24.3 Å². The number of rotatable bonds is 6. The minimum Gasteiger partial charge on any atom is -0.399 e. The van der Waals surface area contributed by atoms with Crippen LogP contribution in [0.3, 0.4) is 0 Å². The van der Waals surface area contributed by atoms with Gasteiger partial charge in [-0.3, -0.25) is 4.90 Å². The lowest BCUT2D eigenvalue weighted by Gasteiger charge is -2.35. The Morgan fingerprint density at radius 1 is 1.13 bits per heavy atom. The normalized spacial score (nSPS) is 24.7. The van der Waals surface area contributed by atoms with E-state index >= 15 is 0 Å². The average Bonchev–Trinajstić information content (AvgIpc) is 2.59. The molecule has 1 aromatic carbocycles. The Balaban J connectivity index is 1.59. The molecule has 4 heteroatoms. The SMILES string of the molecule is Nc1ccc(NC2(CCCN3CCOCC3)C=CC=CC2)cc1. The summed E-state index contributed by atoms with van der Waals surface area (Å²) >= 11 is 0. The summed E-state index contributed by atoms with van der Waals surface area (Å²) in [5.41, 5.74) is 7.73. The summed E-state index contributed by atoms with van der Waals surface area (Å²) in [6, 6.07) is 8.02. The molecule has 1 saturated heterocycles. The molecule has 0 amide bonds. The maximum Gasteiger partial charge on any atom is 0.0594 e. The van der Waals surface area contributed by atoms with E-state index in [2.05, 4.69) is 46.7 Å². The number of nitrogen functional groups attached to an aromatic ring is 1. The van der Waals surface area contributed by atoms with Crippen LogP contribution in [0.25, 0.3) is 0 Å². The summed E-state index contributed by atoms with van der Waals surface area (Å²) < 4.78 is 5.42. The van der Waals surface area contributed by atoms with Gasteiger partial charge in [0.05, 0.1) is 18.8 Å². The summed E-state index contributed by atoms with van der Waals surface area (Å²) in [4.78, 5) is 2.50. The van der Waals surface area contributed by atoms with Gasteiger partial charge >= 0.3 is 0 Å². The van der Waals surface area contributed by atoms with E-state index < -0.39 is 0 Å². The molecule has 0 saturated carbocycles. The molecule has 1 fully saturated rings. The molecule has 23 heavy (non-hydrogen) atoms. The average molecular weight is 313 g/mol. The Kier molecular flexibility index (Phi) is 5.36. The van der Waals surface area contributed by atoms with Crippen molar-refractivity contribution >= 4 is 11.4 Å². The monoisotopic (exact) mass is 313 g/mol. The van der Waals surface area contributed by atoms with Gasteiger partial charge in [0.2, 0.25) is 0 Å². The van der Waals surface area contributed by atoms with Gasteiger partial charge in [-0.05, 0) is 50.1 Å². The van der Waals surface area contributed by atoms with Crippen molar-refractivity contribution in [3.63, 3.8) is 0 Å². The number of morpholine rings is 1. The number of hydrogen-bond acceptors (Lipinski definition) is 4. The number of ether oxygens (including phenoxy) is 1. The standard InChI is InChI=1S/C19H27N3O/c20-17-5-7-18(8-6-17)21-19(9-2-1-3-10-19)11-4-12-22-13-15-23-16-14-22/h1-3,5-9,21H,4,10-16,20H2. The molecule has 4 nitrogen and oxygen atoms in total. The second kappa shape index (κ2) is 7.66. The molecule has 2 aliphatic rings. The van der Waals surface area contributed by atoms with Gasteiger partial charge in [0.25, 0.3) is 0 Å². The Labute approximate surface area is 139 Å². The van der Waals surface area contributed by atoms with Crippen molar-refractivity contribution in [2.75, 3.05) is 43.9 Å². The third-order valence-electron chi connectivity index (χ3n) is 4.65. The van der Waals surface area contributed by atoms with E-state index in [1.165, 1.54) is 6.42 Å². The highest BCUT2D eigenvalue weighted by Gasteiger charge is 2.26.